The van der Waals surface area contributed by atoms with E-state index in [1.165, 1.54) is 11.8 Å². The lowest BCUT2D eigenvalue weighted by Gasteiger charge is -2.09. The van der Waals surface area contributed by atoms with E-state index in [0.717, 1.165) is 27.3 Å². The highest BCUT2D eigenvalue weighted by atomic mass is 35.5. The van der Waals surface area contributed by atoms with Crippen molar-refractivity contribution in [2.24, 2.45) is 5.10 Å². The lowest BCUT2D eigenvalue weighted by Crippen LogP contribution is -2.21. The molecular formula is C24H21ClN4O2S. The van der Waals surface area contributed by atoms with Gasteiger partial charge in [-0.05, 0) is 66.6 Å². The van der Waals surface area contributed by atoms with Crippen LogP contribution in [0.4, 0.5) is 0 Å². The van der Waals surface area contributed by atoms with E-state index in [2.05, 4.69) is 15.1 Å². The van der Waals surface area contributed by atoms with Gasteiger partial charge in [0.2, 0.25) is 0 Å². The maximum Gasteiger partial charge on any atom is 0.250 e. The number of halogens is 1. The molecule has 0 atom stereocenters. The molecule has 1 aromatic heterocycles. The zero-order chi connectivity index (χ0) is 22.5. The Morgan fingerprint density at radius 2 is 1.81 bits per heavy atom. The van der Waals surface area contributed by atoms with E-state index in [9.17, 15) is 9.90 Å². The molecule has 4 aromatic rings. The fourth-order valence-corrected chi connectivity index (χ4v) is 4.10. The number of nitrogens with zero attached hydrogens (tertiary/aromatic N) is 3. The number of amides is 1. The third-order valence-electron chi connectivity index (χ3n) is 4.84. The maximum atomic E-state index is 12.4. The highest BCUT2D eigenvalue weighted by molar-refractivity contribution is 7.99. The molecule has 32 heavy (non-hydrogen) atoms. The second-order valence-electron chi connectivity index (χ2n) is 7.16. The summed E-state index contributed by atoms with van der Waals surface area (Å²) in [5, 5.41) is 15.0. The molecule has 0 spiro atoms. The summed E-state index contributed by atoms with van der Waals surface area (Å²) in [5.74, 6) is 0.137. The Kier molecular flexibility index (Phi) is 6.78. The maximum absolute atomic E-state index is 12.4. The Balaban J connectivity index is 1.46. The number of hydrogen-bond acceptors (Lipinski definition) is 5. The predicted octanol–water partition coefficient (Wildman–Crippen LogP) is 5.08. The number of aromatic hydroxyl groups is 1. The third kappa shape index (κ3) is 5.30. The zero-order valence-corrected chi connectivity index (χ0v) is 18.9. The predicted molar refractivity (Wildman–Crippen MR) is 129 cm³/mol. The Hall–Kier alpha value is -3.29. The third-order valence-corrected chi connectivity index (χ3v) is 6.07. The zero-order valence-electron chi connectivity index (χ0n) is 17.3. The SMILES string of the molecule is C/C(=N/NC(=O)CSc1nc2ccccc2n1Cc1ccc(Cl)cc1)c1ccc(O)cc1. The van der Waals surface area contributed by atoms with Crippen molar-refractivity contribution in [1.82, 2.24) is 15.0 Å². The fraction of sp³-hybridized carbons (Fsp3) is 0.125. The Morgan fingerprint density at radius 1 is 1.09 bits per heavy atom. The smallest absolute Gasteiger partial charge is 0.250 e. The first kappa shape index (κ1) is 21.9. The fourth-order valence-electron chi connectivity index (χ4n) is 3.16. The largest absolute Gasteiger partial charge is 0.508 e. The van der Waals surface area contributed by atoms with Crippen molar-refractivity contribution in [3.8, 4) is 5.75 Å². The molecule has 2 N–H and O–H groups in total. The first-order valence-corrected chi connectivity index (χ1v) is 11.3. The van der Waals surface area contributed by atoms with Crippen molar-refractivity contribution in [3.63, 3.8) is 0 Å². The van der Waals surface area contributed by atoms with Crippen LogP contribution in [0.2, 0.25) is 5.02 Å². The van der Waals surface area contributed by atoms with E-state index in [0.29, 0.717) is 17.3 Å². The molecule has 8 heteroatoms. The minimum absolute atomic E-state index is 0.177. The van der Waals surface area contributed by atoms with Crippen molar-refractivity contribution in [2.75, 3.05) is 5.75 Å². The number of benzene rings is 3. The van der Waals surface area contributed by atoms with Crippen LogP contribution in [0.5, 0.6) is 5.75 Å². The molecule has 0 aliphatic carbocycles. The summed E-state index contributed by atoms with van der Waals surface area (Å²) in [6.45, 7) is 2.42. The van der Waals surface area contributed by atoms with Gasteiger partial charge in [-0.15, -0.1) is 0 Å². The van der Waals surface area contributed by atoms with E-state index in [1.807, 2.05) is 48.5 Å². The van der Waals surface area contributed by atoms with E-state index >= 15 is 0 Å². The van der Waals surface area contributed by atoms with Gasteiger partial charge >= 0.3 is 0 Å². The molecule has 1 heterocycles. The van der Waals surface area contributed by atoms with Gasteiger partial charge in [0.1, 0.15) is 5.75 Å². The molecular weight excluding hydrogens is 444 g/mol. The van der Waals surface area contributed by atoms with Gasteiger partial charge in [-0.25, -0.2) is 10.4 Å². The minimum atomic E-state index is -0.224. The number of rotatable bonds is 7. The van der Waals surface area contributed by atoms with Gasteiger partial charge in [0.05, 0.1) is 29.0 Å². The summed E-state index contributed by atoms with van der Waals surface area (Å²) in [6.07, 6.45) is 0. The van der Waals surface area contributed by atoms with Crippen molar-refractivity contribution < 1.29 is 9.90 Å². The van der Waals surface area contributed by atoms with Crippen LogP contribution in [-0.4, -0.2) is 32.0 Å². The average Bonchev–Trinajstić information content (AvgIpc) is 3.15. The molecule has 0 fully saturated rings. The molecule has 6 nitrogen and oxygen atoms in total. The molecule has 4 rings (SSSR count). The Labute approximate surface area is 194 Å². The van der Waals surface area contributed by atoms with Gasteiger partial charge in [-0.3, -0.25) is 4.79 Å². The summed E-state index contributed by atoms with van der Waals surface area (Å²) >= 11 is 7.38. The van der Waals surface area contributed by atoms with Gasteiger partial charge in [0, 0.05) is 5.02 Å². The topological polar surface area (TPSA) is 79.5 Å². The summed E-state index contributed by atoms with van der Waals surface area (Å²) < 4.78 is 2.10. The molecule has 0 radical (unpaired) electrons. The van der Waals surface area contributed by atoms with Gasteiger partial charge in [-0.2, -0.15) is 5.10 Å². The molecule has 3 aromatic carbocycles. The number of para-hydroxylation sites is 2. The minimum Gasteiger partial charge on any atom is -0.508 e. The Bertz CT molecular complexity index is 1270. The molecule has 1 amide bonds. The summed E-state index contributed by atoms with van der Waals surface area (Å²) in [7, 11) is 0. The summed E-state index contributed by atoms with van der Waals surface area (Å²) in [6, 6.07) is 22.3. The highest BCUT2D eigenvalue weighted by Crippen LogP contribution is 2.25. The van der Waals surface area contributed by atoms with E-state index in [1.54, 1.807) is 31.2 Å². The molecule has 0 aliphatic rings. The molecule has 0 saturated carbocycles. The normalized spacial score (nSPS) is 11.6. The van der Waals surface area contributed by atoms with E-state index in [4.69, 9.17) is 16.6 Å². The molecule has 0 aliphatic heterocycles. The lowest BCUT2D eigenvalue weighted by atomic mass is 10.1. The number of carbonyl (C=O) groups excluding carboxylic acids is 1. The second kappa shape index (κ2) is 9.89. The number of hydrogen-bond donors (Lipinski definition) is 2. The average molecular weight is 465 g/mol. The van der Waals surface area contributed by atoms with Crippen LogP contribution in [-0.2, 0) is 11.3 Å². The standard InChI is InChI=1S/C24H21ClN4O2S/c1-16(18-8-12-20(30)13-9-18)27-28-23(31)15-32-24-26-21-4-2-3-5-22(21)29(24)14-17-6-10-19(25)11-7-17/h2-13,30H,14-15H2,1H3,(H,28,31)/b27-16-. The highest BCUT2D eigenvalue weighted by Gasteiger charge is 2.13. The Morgan fingerprint density at radius 3 is 2.56 bits per heavy atom. The number of thioether (sulfide) groups is 1. The van der Waals surface area contributed by atoms with Crippen molar-refractivity contribution in [1.29, 1.82) is 0 Å². The second-order valence-corrected chi connectivity index (χ2v) is 8.54. The van der Waals surface area contributed by atoms with Gasteiger partial charge < -0.3 is 9.67 Å². The summed E-state index contributed by atoms with van der Waals surface area (Å²) in [4.78, 5) is 17.1. The van der Waals surface area contributed by atoms with E-state index < -0.39 is 0 Å². The monoisotopic (exact) mass is 464 g/mol. The van der Waals surface area contributed by atoms with Crippen molar-refractivity contribution >= 4 is 46.0 Å². The number of imidazole rings is 1. The molecule has 0 saturated heterocycles. The van der Waals surface area contributed by atoms with Crippen molar-refractivity contribution in [3.05, 3.63) is 88.9 Å². The first-order chi connectivity index (χ1) is 15.5. The quantitative estimate of drug-likeness (QED) is 0.227. The van der Waals surface area contributed by atoms with Gasteiger partial charge in [0.25, 0.3) is 5.91 Å². The van der Waals surface area contributed by atoms with Crippen molar-refractivity contribution in [2.45, 2.75) is 18.6 Å². The molecule has 0 unspecified atom stereocenters. The molecule has 162 valence electrons. The van der Waals surface area contributed by atoms with Crippen LogP contribution in [0, 0.1) is 0 Å². The first-order valence-electron chi connectivity index (χ1n) is 9.94. The van der Waals surface area contributed by atoms with Crippen LogP contribution in [0.3, 0.4) is 0 Å². The number of carbonyl (C=O) groups is 1. The number of aromatic nitrogens is 2. The van der Waals surface area contributed by atoms with Gasteiger partial charge in [0.15, 0.2) is 5.16 Å². The molecule has 0 bridgehead atoms. The van der Waals surface area contributed by atoms with Crippen LogP contribution in [0.25, 0.3) is 11.0 Å². The number of phenolic OH excluding ortho intramolecular Hbond substituents is 1. The number of fused-ring (bicyclic) bond motifs is 1. The lowest BCUT2D eigenvalue weighted by molar-refractivity contribution is -0.118. The van der Waals surface area contributed by atoms with Crippen LogP contribution in [0.15, 0.2) is 83.1 Å². The summed E-state index contributed by atoms with van der Waals surface area (Å²) in [5.41, 5.74) is 7.04. The number of phenols is 1. The van der Waals surface area contributed by atoms with Crippen LogP contribution in [0.1, 0.15) is 18.1 Å². The number of nitrogens with one attached hydrogen (secondary N) is 1. The van der Waals surface area contributed by atoms with Gasteiger partial charge in [-0.1, -0.05) is 47.6 Å². The number of hydrazone groups is 1. The van der Waals surface area contributed by atoms with Crippen LogP contribution < -0.4 is 5.43 Å². The van der Waals surface area contributed by atoms with E-state index in [-0.39, 0.29) is 17.4 Å². The van der Waals surface area contributed by atoms with Crippen LogP contribution >= 0.6 is 23.4 Å².